The molecule has 0 spiro atoms. The molecule has 0 atom stereocenters. The van der Waals surface area contributed by atoms with Gasteiger partial charge in [0.15, 0.2) is 0 Å². The van der Waals surface area contributed by atoms with Crippen LogP contribution in [-0.4, -0.2) is 51.0 Å². The van der Waals surface area contributed by atoms with Gasteiger partial charge in [-0.05, 0) is 101 Å². The number of esters is 1. The number of hydrogen-bond acceptors (Lipinski definition) is 8. The minimum atomic E-state index is -0.508. The molecule has 9 nitrogen and oxygen atoms in total. The maximum absolute atomic E-state index is 11.9. The zero-order valence-electron chi connectivity index (χ0n) is 24.6. The van der Waals surface area contributed by atoms with Crippen LogP contribution in [0.1, 0.15) is 57.2 Å². The number of carbonyl (C=O) groups excluding carboxylic acids is 1. The zero-order chi connectivity index (χ0) is 29.6. The molecule has 1 aromatic carbocycles. The van der Waals surface area contributed by atoms with Crippen LogP contribution in [0.4, 0.5) is 11.4 Å². The van der Waals surface area contributed by atoms with Gasteiger partial charge in [0.05, 0.1) is 29.1 Å². The third-order valence-electron chi connectivity index (χ3n) is 6.51. The average Bonchev–Trinajstić information content (AvgIpc) is 3.55. The van der Waals surface area contributed by atoms with Crippen molar-refractivity contribution in [1.82, 2.24) is 19.7 Å². The van der Waals surface area contributed by atoms with Crippen LogP contribution in [0.2, 0.25) is 0 Å². The summed E-state index contributed by atoms with van der Waals surface area (Å²) in [5.74, 6) is 0.430. The predicted molar refractivity (Wildman–Crippen MR) is 163 cm³/mol. The highest BCUT2D eigenvalue weighted by atomic mass is 79.9. The maximum atomic E-state index is 11.9. The standard InChI is InChI=1S/C31H38BrN5O4/c1-21-28(16-24(18-34-21)30-22(2)35-41-23(30)3)37(13-8-7-9-15-39-19-29(38)40-31(4,5)6)25-10-11-27(26(32)17-25)36-14-12-33-20-36/h10-12,14,16-18,20H,7-9,13,15,19H2,1-6H3. The van der Waals surface area contributed by atoms with Crippen LogP contribution in [0.25, 0.3) is 16.8 Å². The first-order valence-corrected chi connectivity index (χ1v) is 14.6. The number of anilines is 2. The molecule has 41 heavy (non-hydrogen) atoms. The van der Waals surface area contributed by atoms with Crippen molar-refractivity contribution >= 4 is 33.3 Å². The molecule has 0 aliphatic rings. The third-order valence-corrected chi connectivity index (χ3v) is 7.14. The molecule has 4 rings (SSSR count). The van der Waals surface area contributed by atoms with E-state index in [2.05, 4.69) is 55.2 Å². The molecule has 3 heterocycles. The number of carbonyl (C=O) groups is 1. The van der Waals surface area contributed by atoms with Gasteiger partial charge in [0.25, 0.3) is 0 Å². The van der Waals surface area contributed by atoms with E-state index in [1.54, 1.807) is 12.5 Å². The van der Waals surface area contributed by atoms with Crippen LogP contribution >= 0.6 is 15.9 Å². The molecule has 0 radical (unpaired) electrons. The van der Waals surface area contributed by atoms with E-state index in [1.807, 2.05) is 58.5 Å². The van der Waals surface area contributed by atoms with Crippen LogP contribution in [0.5, 0.6) is 0 Å². The molecule has 0 unspecified atom stereocenters. The summed E-state index contributed by atoms with van der Waals surface area (Å²) in [6.45, 7) is 12.7. The third kappa shape index (κ3) is 8.04. The number of halogens is 1. The Kier molecular flexibility index (Phi) is 9.99. The zero-order valence-corrected chi connectivity index (χ0v) is 26.2. The highest BCUT2D eigenvalue weighted by Gasteiger charge is 2.19. The Bertz CT molecular complexity index is 1440. The van der Waals surface area contributed by atoms with E-state index < -0.39 is 5.60 Å². The first-order chi connectivity index (χ1) is 19.5. The minimum Gasteiger partial charge on any atom is -0.458 e. The van der Waals surface area contributed by atoms with Gasteiger partial charge in [-0.15, -0.1) is 0 Å². The van der Waals surface area contributed by atoms with Gasteiger partial charge < -0.3 is 23.5 Å². The second-order valence-electron chi connectivity index (χ2n) is 11.0. The van der Waals surface area contributed by atoms with E-state index in [-0.39, 0.29) is 12.6 Å². The number of hydrogen-bond donors (Lipinski definition) is 0. The van der Waals surface area contributed by atoms with Gasteiger partial charge in [-0.1, -0.05) is 5.16 Å². The summed E-state index contributed by atoms with van der Waals surface area (Å²) >= 11 is 3.77. The second-order valence-corrected chi connectivity index (χ2v) is 11.8. The molecule has 4 aromatic rings. The Morgan fingerprint density at radius 1 is 1.10 bits per heavy atom. The van der Waals surface area contributed by atoms with E-state index in [0.29, 0.717) is 6.61 Å². The molecule has 218 valence electrons. The van der Waals surface area contributed by atoms with Crippen molar-refractivity contribution in [3.05, 3.63) is 70.8 Å². The highest BCUT2D eigenvalue weighted by molar-refractivity contribution is 9.10. The lowest BCUT2D eigenvalue weighted by molar-refractivity contribution is -0.160. The number of nitrogens with zero attached hydrogens (tertiary/aromatic N) is 5. The van der Waals surface area contributed by atoms with Gasteiger partial charge in [-0.3, -0.25) is 4.98 Å². The Balaban J connectivity index is 1.51. The maximum Gasteiger partial charge on any atom is 0.332 e. The number of imidazole rings is 1. The summed E-state index contributed by atoms with van der Waals surface area (Å²) in [7, 11) is 0. The number of benzene rings is 1. The Labute approximate surface area is 250 Å². The number of rotatable bonds is 12. The lowest BCUT2D eigenvalue weighted by Gasteiger charge is -2.27. The van der Waals surface area contributed by atoms with Gasteiger partial charge in [-0.25, -0.2) is 9.78 Å². The Morgan fingerprint density at radius 3 is 2.56 bits per heavy atom. The van der Waals surface area contributed by atoms with E-state index in [0.717, 1.165) is 75.6 Å². The van der Waals surface area contributed by atoms with E-state index in [1.165, 1.54) is 0 Å². The fourth-order valence-corrected chi connectivity index (χ4v) is 5.24. The van der Waals surface area contributed by atoms with Gasteiger partial charge in [0, 0.05) is 53.0 Å². The lowest BCUT2D eigenvalue weighted by Crippen LogP contribution is -2.26. The van der Waals surface area contributed by atoms with Gasteiger partial charge in [0.1, 0.15) is 18.0 Å². The van der Waals surface area contributed by atoms with Crippen LogP contribution in [0.3, 0.4) is 0 Å². The molecule has 0 bridgehead atoms. The molecule has 0 fully saturated rings. The number of unbranched alkanes of at least 4 members (excludes halogenated alkanes) is 2. The highest BCUT2D eigenvalue weighted by Crippen LogP contribution is 2.36. The first kappa shape index (κ1) is 30.5. The smallest absolute Gasteiger partial charge is 0.332 e. The summed E-state index contributed by atoms with van der Waals surface area (Å²) < 4.78 is 19.2. The molecular formula is C31H38BrN5O4. The Hall–Kier alpha value is -3.50. The summed E-state index contributed by atoms with van der Waals surface area (Å²) in [4.78, 5) is 23.1. The van der Waals surface area contributed by atoms with E-state index >= 15 is 0 Å². The van der Waals surface area contributed by atoms with Crippen molar-refractivity contribution in [3.8, 4) is 16.8 Å². The molecule has 0 aliphatic heterocycles. The molecule has 0 saturated heterocycles. The number of aromatic nitrogens is 4. The van der Waals surface area contributed by atoms with Gasteiger partial charge in [-0.2, -0.15) is 0 Å². The van der Waals surface area contributed by atoms with Crippen molar-refractivity contribution < 1.29 is 18.8 Å². The van der Waals surface area contributed by atoms with Crippen molar-refractivity contribution in [2.45, 2.75) is 66.4 Å². The Morgan fingerprint density at radius 2 is 1.90 bits per heavy atom. The van der Waals surface area contributed by atoms with E-state index in [4.69, 9.17) is 19.0 Å². The average molecular weight is 625 g/mol. The molecule has 3 aromatic heterocycles. The van der Waals surface area contributed by atoms with Crippen molar-refractivity contribution in [2.75, 3.05) is 24.7 Å². The van der Waals surface area contributed by atoms with Crippen LogP contribution in [0.15, 0.2) is 58.2 Å². The fourth-order valence-electron chi connectivity index (χ4n) is 4.67. The van der Waals surface area contributed by atoms with Crippen molar-refractivity contribution in [3.63, 3.8) is 0 Å². The SMILES string of the molecule is Cc1ncc(-c2c(C)noc2C)cc1N(CCCCCOCC(=O)OC(C)(C)C)c1ccc(-n2ccnc2)c(Br)c1. The monoisotopic (exact) mass is 623 g/mol. The van der Waals surface area contributed by atoms with Crippen LogP contribution < -0.4 is 4.90 Å². The summed E-state index contributed by atoms with van der Waals surface area (Å²) in [6.07, 6.45) is 10.0. The molecule has 0 amide bonds. The summed E-state index contributed by atoms with van der Waals surface area (Å²) in [5, 5.41) is 4.14. The summed E-state index contributed by atoms with van der Waals surface area (Å²) in [6, 6.07) is 8.49. The molecular weight excluding hydrogens is 586 g/mol. The molecule has 0 N–H and O–H groups in total. The largest absolute Gasteiger partial charge is 0.458 e. The van der Waals surface area contributed by atoms with E-state index in [9.17, 15) is 4.79 Å². The van der Waals surface area contributed by atoms with Crippen LogP contribution in [0, 0.1) is 20.8 Å². The van der Waals surface area contributed by atoms with Gasteiger partial charge >= 0.3 is 5.97 Å². The summed E-state index contributed by atoms with van der Waals surface area (Å²) in [5.41, 5.74) is 6.27. The predicted octanol–water partition coefficient (Wildman–Crippen LogP) is 7.28. The number of pyridine rings is 1. The molecule has 10 heteroatoms. The topological polar surface area (TPSA) is 95.5 Å². The molecule has 0 saturated carbocycles. The number of ether oxygens (including phenoxy) is 2. The van der Waals surface area contributed by atoms with Crippen LogP contribution in [-0.2, 0) is 14.3 Å². The fraction of sp³-hybridized carbons (Fsp3) is 0.419. The lowest BCUT2D eigenvalue weighted by atomic mass is 10.0. The normalized spacial score (nSPS) is 11.6. The van der Waals surface area contributed by atoms with Gasteiger partial charge in [0.2, 0.25) is 0 Å². The quantitative estimate of drug-likeness (QED) is 0.120. The minimum absolute atomic E-state index is 0.0277. The first-order valence-electron chi connectivity index (χ1n) is 13.8. The molecule has 0 aliphatic carbocycles. The second kappa shape index (κ2) is 13.4. The van der Waals surface area contributed by atoms with Crippen molar-refractivity contribution in [1.29, 1.82) is 0 Å². The number of aryl methyl sites for hydroxylation is 3. The van der Waals surface area contributed by atoms with Crippen molar-refractivity contribution in [2.24, 2.45) is 0 Å².